The molecule has 2 aromatic rings. The van der Waals surface area contributed by atoms with Gasteiger partial charge in [-0.05, 0) is 41.8 Å². The van der Waals surface area contributed by atoms with Gasteiger partial charge in [-0.2, -0.15) is 0 Å². The Morgan fingerprint density at radius 1 is 1.17 bits per heavy atom. The van der Waals surface area contributed by atoms with Gasteiger partial charge in [0.15, 0.2) is 0 Å². The van der Waals surface area contributed by atoms with Crippen molar-refractivity contribution in [3.05, 3.63) is 52.1 Å². The smallest absolute Gasteiger partial charge is 0.273 e. The first-order valence-electron chi connectivity index (χ1n) is 7.47. The van der Waals surface area contributed by atoms with Gasteiger partial charge < -0.3 is 14.7 Å². The normalized spacial score (nSPS) is 14.7. The van der Waals surface area contributed by atoms with E-state index in [1.165, 1.54) is 6.07 Å². The lowest BCUT2D eigenvalue weighted by atomic mass is 9.98. The SMILES string of the molecule is Cc1ccc(N2CCOCC2)cc1-c1cc(O)cc([N+](=O)[O-])c1. The highest BCUT2D eigenvalue weighted by Gasteiger charge is 2.15. The van der Waals surface area contributed by atoms with E-state index in [0.717, 1.165) is 36.0 Å². The summed E-state index contributed by atoms with van der Waals surface area (Å²) in [6.45, 7) is 4.99. The van der Waals surface area contributed by atoms with Crippen molar-refractivity contribution in [2.75, 3.05) is 31.2 Å². The van der Waals surface area contributed by atoms with Crippen LogP contribution >= 0.6 is 0 Å². The van der Waals surface area contributed by atoms with E-state index in [1.54, 1.807) is 6.07 Å². The highest BCUT2D eigenvalue weighted by molar-refractivity contribution is 5.74. The number of nitro benzene ring substituents is 1. The summed E-state index contributed by atoms with van der Waals surface area (Å²) in [5, 5.41) is 20.8. The Morgan fingerprint density at radius 2 is 1.91 bits per heavy atom. The summed E-state index contributed by atoms with van der Waals surface area (Å²) in [5.41, 5.74) is 3.47. The van der Waals surface area contributed by atoms with E-state index < -0.39 is 4.92 Å². The van der Waals surface area contributed by atoms with Crippen molar-refractivity contribution in [3.8, 4) is 16.9 Å². The molecule has 0 saturated carbocycles. The van der Waals surface area contributed by atoms with Crippen LogP contribution in [0, 0.1) is 17.0 Å². The predicted molar refractivity (Wildman–Crippen MR) is 88.0 cm³/mol. The number of benzene rings is 2. The van der Waals surface area contributed by atoms with Gasteiger partial charge >= 0.3 is 0 Å². The molecule has 1 fully saturated rings. The molecule has 0 aromatic heterocycles. The number of anilines is 1. The Hall–Kier alpha value is -2.60. The first-order chi connectivity index (χ1) is 11.0. The minimum Gasteiger partial charge on any atom is -0.508 e. The second-order valence-corrected chi connectivity index (χ2v) is 5.59. The summed E-state index contributed by atoms with van der Waals surface area (Å²) in [5.74, 6) is -0.106. The summed E-state index contributed by atoms with van der Waals surface area (Å²) in [4.78, 5) is 12.7. The van der Waals surface area contributed by atoms with Crippen molar-refractivity contribution >= 4 is 11.4 Å². The van der Waals surface area contributed by atoms with Gasteiger partial charge in [-0.1, -0.05) is 6.07 Å². The van der Waals surface area contributed by atoms with Crippen molar-refractivity contribution < 1.29 is 14.8 Å². The number of nitro groups is 1. The summed E-state index contributed by atoms with van der Waals surface area (Å²) < 4.78 is 5.37. The van der Waals surface area contributed by atoms with Gasteiger partial charge in [0.25, 0.3) is 5.69 Å². The molecule has 0 spiro atoms. The largest absolute Gasteiger partial charge is 0.508 e. The van der Waals surface area contributed by atoms with E-state index >= 15 is 0 Å². The number of phenols is 1. The molecular formula is C17H18N2O4. The minimum atomic E-state index is -0.496. The van der Waals surface area contributed by atoms with Crippen LogP contribution in [0.15, 0.2) is 36.4 Å². The molecule has 3 rings (SSSR count). The number of morpholine rings is 1. The first-order valence-corrected chi connectivity index (χ1v) is 7.47. The Labute approximate surface area is 134 Å². The molecule has 1 saturated heterocycles. The Morgan fingerprint density at radius 3 is 2.61 bits per heavy atom. The number of aryl methyl sites for hydroxylation is 1. The topological polar surface area (TPSA) is 75.8 Å². The molecular weight excluding hydrogens is 296 g/mol. The van der Waals surface area contributed by atoms with Gasteiger partial charge in [0.2, 0.25) is 0 Å². The zero-order valence-corrected chi connectivity index (χ0v) is 12.9. The fourth-order valence-corrected chi connectivity index (χ4v) is 2.80. The monoisotopic (exact) mass is 314 g/mol. The zero-order chi connectivity index (χ0) is 16.4. The Kier molecular flexibility index (Phi) is 4.16. The minimum absolute atomic E-state index is 0.106. The van der Waals surface area contributed by atoms with E-state index in [4.69, 9.17) is 4.74 Å². The fourth-order valence-electron chi connectivity index (χ4n) is 2.80. The predicted octanol–water partition coefficient (Wildman–Crippen LogP) is 3.11. The van der Waals surface area contributed by atoms with Gasteiger partial charge in [-0.15, -0.1) is 0 Å². The number of hydrogen-bond acceptors (Lipinski definition) is 5. The molecule has 6 heteroatoms. The van der Waals surface area contributed by atoms with E-state index in [1.807, 2.05) is 25.1 Å². The number of rotatable bonds is 3. The van der Waals surface area contributed by atoms with Crippen molar-refractivity contribution in [1.29, 1.82) is 0 Å². The molecule has 120 valence electrons. The van der Waals surface area contributed by atoms with Gasteiger partial charge in [0.1, 0.15) is 5.75 Å². The van der Waals surface area contributed by atoms with E-state index in [0.29, 0.717) is 18.8 Å². The lowest BCUT2D eigenvalue weighted by Gasteiger charge is -2.29. The van der Waals surface area contributed by atoms with Crippen LogP contribution in [0.4, 0.5) is 11.4 Å². The standard InChI is InChI=1S/C17H18N2O4/c1-12-2-3-14(18-4-6-23-7-5-18)11-17(12)13-8-15(19(21)22)10-16(20)9-13/h2-3,8-11,20H,4-7H2,1H3. The average Bonchev–Trinajstić information content (AvgIpc) is 2.55. The third-order valence-electron chi connectivity index (χ3n) is 4.02. The van der Waals surface area contributed by atoms with Crippen molar-refractivity contribution in [2.45, 2.75) is 6.92 Å². The molecule has 0 amide bonds. The maximum Gasteiger partial charge on any atom is 0.273 e. The summed E-state index contributed by atoms with van der Waals surface area (Å²) in [7, 11) is 0. The van der Waals surface area contributed by atoms with Crippen molar-refractivity contribution in [2.24, 2.45) is 0 Å². The van der Waals surface area contributed by atoms with Crippen molar-refractivity contribution in [1.82, 2.24) is 0 Å². The molecule has 0 radical (unpaired) electrons. The van der Waals surface area contributed by atoms with Crippen LogP contribution in [0.5, 0.6) is 5.75 Å². The zero-order valence-electron chi connectivity index (χ0n) is 12.9. The number of hydrogen-bond donors (Lipinski definition) is 1. The van der Waals surface area contributed by atoms with Crippen LogP contribution in [-0.4, -0.2) is 36.3 Å². The fraction of sp³-hybridized carbons (Fsp3) is 0.294. The molecule has 23 heavy (non-hydrogen) atoms. The number of ether oxygens (including phenoxy) is 1. The molecule has 0 bridgehead atoms. The Balaban J connectivity index is 2.03. The highest BCUT2D eigenvalue weighted by Crippen LogP contribution is 2.33. The van der Waals surface area contributed by atoms with E-state index in [9.17, 15) is 15.2 Å². The van der Waals surface area contributed by atoms with Crippen LogP contribution in [-0.2, 0) is 4.74 Å². The van der Waals surface area contributed by atoms with Crippen LogP contribution in [0.25, 0.3) is 11.1 Å². The summed E-state index contributed by atoms with van der Waals surface area (Å²) in [6, 6.07) is 10.3. The molecule has 1 aliphatic rings. The number of phenolic OH excluding ortho intramolecular Hbond substituents is 1. The third kappa shape index (κ3) is 3.27. The average molecular weight is 314 g/mol. The molecule has 0 unspecified atom stereocenters. The maximum absolute atomic E-state index is 11.0. The lowest BCUT2D eigenvalue weighted by molar-refractivity contribution is -0.384. The first kappa shape index (κ1) is 15.3. The van der Waals surface area contributed by atoms with Crippen LogP contribution in [0.2, 0.25) is 0 Å². The van der Waals surface area contributed by atoms with Crippen molar-refractivity contribution in [3.63, 3.8) is 0 Å². The third-order valence-corrected chi connectivity index (χ3v) is 4.02. The summed E-state index contributed by atoms with van der Waals surface area (Å²) >= 11 is 0. The molecule has 6 nitrogen and oxygen atoms in total. The van der Waals surface area contributed by atoms with E-state index in [2.05, 4.69) is 4.90 Å². The maximum atomic E-state index is 11.0. The number of non-ortho nitro benzene ring substituents is 1. The molecule has 0 atom stereocenters. The van der Waals surface area contributed by atoms with Crippen LogP contribution in [0.1, 0.15) is 5.56 Å². The van der Waals surface area contributed by atoms with Gasteiger partial charge in [-0.3, -0.25) is 10.1 Å². The molecule has 1 heterocycles. The van der Waals surface area contributed by atoms with Crippen LogP contribution in [0.3, 0.4) is 0 Å². The van der Waals surface area contributed by atoms with E-state index in [-0.39, 0.29) is 11.4 Å². The Bertz CT molecular complexity index is 739. The second kappa shape index (κ2) is 6.26. The quantitative estimate of drug-likeness (QED) is 0.696. The van der Waals surface area contributed by atoms with Gasteiger partial charge in [0, 0.05) is 24.8 Å². The molecule has 0 aliphatic carbocycles. The second-order valence-electron chi connectivity index (χ2n) is 5.59. The van der Waals surface area contributed by atoms with Gasteiger partial charge in [-0.25, -0.2) is 0 Å². The van der Waals surface area contributed by atoms with Crippen LogP contribution < -0.4 is 4.90 Å². The molecule has 1 aliphatic heterocycles. The number of aromatic hydroxyl groups is 1. The lowest BCUT2D eigenvalue weighted by Crippen LogP contribution is -2.36. The summed E-state index contributed by atoms with van der Waals surface area (Å²) in [6.07, 6.45) is 0. The van der Waals surface area contributed by atoms with Gasteiger partial charge in [0.05, 0.1) is 24.2 Å². The highest BCUT2D eigenvalue weighted by atomic mass is 16.6. The molecule has 2 aromatic carbocycles. The molecule has 1 N–H and O–H groups in total. The number of nitrogens with zero attached hydrogens (tertiary/aromatic N) is 2.